The van der Waals surface area contributed by atoms with Crippen molar-refractivity contribution in [2.24, 2.45) is 0 Å². The molecule has 6 nitrogen and oxygen atoms in total. The van der Waals surface area contributed by atoms with E-state index >= 15 is 0 Å². The van der Waals surface area contributed by atoms with Crippen molar-refractivity contribution in [2.45, 2.75) is 52.4 Å². The van der Waals surface area contributed by atoms with Crippen LogP contribution in [0.25, 0.3) is 55.6 Å². The second-order valence-electron chi connectivity index (χ2n) is 27.5. The Bertz CT molecular complexity index is 5280. The predicted molar refractivity (Wildman–Crippen MR) is 419 cm³/mol. The van der Waals surface area contributed by atoms with Crippen molar-refractivity contribution >= 4 is 68.2 Å². The van der Waals surface area contributed by atoms with E-state index in [2.05, 4.69) is 364 Å². The number of aryl methyl sites for hydroxylation is 2. The van der Waals surface area contributed by atoms with E-state index in [4.69, 9.17) is 9.47 Å². The standard InChI is InChI=1S/C94H78N4O2/c1-63-17-33-71(34-18-63)95(74-39-23-67(24-40-74)70-31-47-78(48-32-70)98(80-51-57-84(100-8)58-52-80)82-54-60-88-86-14-10-12-16-90(86)94(5,6)92(88)62-82)73-37-21-65(22-38-73)66-25-41-75(42-26-66)96(79-49-55-83(99-7)56-50-79)76-43-27-68(28-44-76)69-29-45-77(46-30-69)97(72-35-19-64(2)20-36-72)81-53-59-87-85-13-9-11-15-89(85)93(3,4)91(87)61-81/h9-62H,1-8H3. The lowest BCUT2D eigenvalue weighted by atomic mass is 9.82. The monoisotopic (exact) mass is 1290 g/mol. The fourth-order valence-electron chi connectivity index (χ4n) is 15.1. The molecule has 2 aliphatic carbocycles. The van der Waals surface area contributed by atoms with E-state index in [-0.39, 0.29) is 10.8 Å². The van der Waals surface area contributed by atoms with Crippen LogP contribution in [0.1, 0.15) is 61.1 Å². The maximum Gasteiger partial charge on any atom is 0.119 e. The van der Waals surface area contributed by atoms with Gasteiger partial charge in [-0.3, -0.25) is 0 Å². The van der Waals surface area contributed by atoms with Crippen molar-refractivity contribution in [2.75, 3.05) is 33.8 Å². The minimum Gasteiger partial charge on any atom is -0.497 e. The van der Waals surface area contributed by atoms with Crippen molar-refractivity contribution in [3.8, 4) is 67.1 Å². The van der Waals surface area contributed by atoms with Crippen molar-refractivity contribution in [3.05, 3.63) is 361 Å². The molecule has 0 heterocycles. The van der Waals surface area contributed by atoms with Gasteiger partial charge in [-0.15, -0.1) is 0 Å². The first-order chi connectivity index (χ1) is 48.8. The quantitative estimate of drug-likeness (QED) is 0.0903. The van der Waals surface area contributed by atoms with Crippen molar-refractivity contribution in [1.29, 1.82) is 0 Å². The van der Waals surface area contributed by atoms with Crippen LogP contribution in [0.15, 0.2) is 328 Å². The lowest BCUT2D eigenvalue weighted by Gasteiger charge is -2.28. The van der Waals surface area contributed by atoms with E-state index in [0.717, 1.165) is 113 Å². The van der Waals surface area contributed by atoms with Gasteiger partial charge in [0.1, 0.15) is 11.5 Å². The summed E-state index contributed by atoms with van der Waals surface area (Å²) in [6.45, 7) is 13.7. The molecule has 14 aromatic rings. The van der Waals surface area contributed by atoms with Gasteiger partial charge in [-0.1, -0.05) is 197 Å². The van der Waals surface area contributed by atoms with Gasteiger partial charge >= 0.3 is 0 Å². The summed E-state index contributed by atoms with van der Waals surface area (Å²) >= 11 is 0. The zero-order valence-corrected chi connectivity index (χ0v) is 57.8. The number of nitrogens with zero attached hydrogens (tertiary/aromatic N) is 4. The van der Waals surface area contributed by atoms with Gasteiger partial charge in [0.05, 0.1) is 14.2 Å². The van der Waals surface area contributed by atoms with Gasteiger partial charge in [-0.25, -0.2) is 0 Å². The van der Waals surface area contributed by atoms with Gasteiger partial charge in [-0.2, -0.15) is 0 Å². The molecular formula is C94H78N4O2. The molecule has 0 unspecified atom stereocenters. The molecular weight excluding hydrogens is 1220 g/mol. The molecule has 0 atom stereocenters. The molecule has 0 saturated heterocycles. The molecule has 0 aromatic heterocycles. The molecule has 0 bridgehead atoms. The Morgan fingerprint density at radius 3 is 0.660 bits per heavy atom. The minimum absolute atomic E-state index is 0.109. The van der Waals surface area contributed by atoms with Gasteiger partial charge in [0.25, 0.3) is 0 Å². The zero-order valence-electron chi connectivity index (χ0n) is 57.8. The highest BCUT2D eigenvalue weighted by Crippen LogP contribution is 2.53. The van der Waals surface area contributed by atoms with E-state index in [9.17, 15) is 0 Å². The number of hydrogen-bond acceptors (Lipinski definition) is 6. The van der Waals surface area contributed by atoms with Crippen molar-refractivity contribution in [1.82, 2.24) is 0 Å². The number of fused-ring (bicyclic) bond motifs is 6. The summed E-state index contributed by atoms with van der Waals surface area (Å²) in [7, 11) is 3.42. The van der Waals surface area contributed by atoms with Gasteiger partial charge < -0.3 is 29.1 Å². The van der Waals surface area contributed by atoms with Crippen LogP contribution in [0.5, 0.6) is 11.5 Å². The van der Waals surface area contributed by atoms with Crippen LogP contribution >= 0.6 is 0 Å². The van der Waals surface area contributed by atoms with Crippen LogP contribution in [0.3, 0.4) is 0 Å². The second kappa shape index (κ2) is 25.7. The van der Waals surface area contributed by atoms with E-state index in [1.807, 2.05) is 24.3 Å². The van der Waals surface area contributed by atoms with Gasteiger partial charge in [0.2, 0.25) is 0 Å². The fraction of sp³-hybridized carbons (Fsp3) is 0.106. The third kappa shape index (κ3) is 11.5. The van der Waals surface area contributed by atoms with E-state index in [1.54, 1.807) is 14.2 Å². The van der Waals surface area contributed by atoms with Crippen molar-refractivity contribution < 1.29 is 9.47 Å². The number of ether oxygens (including phenoxy) is 2. The fourth-order valence-corrected chi connectivity index (χ4v) is 15.1. The lowest BCUT2D eigenvalue weighted by Crippen LogP contribution is -2.16. The van der Waals surface area contributed by atoms with E-state index in [1.165, 1.54) is 55.6 Å². The molecule has 16 rings (SSSR count). The van der Waals surface area contributed by atoms with Gasteiger partial charge in [0, 0.05) is 79.1 Å². The summed E-state index contributed by atoms with van der Waals surface area (Å²) in [6.07, 6.45) is 0. The summed E-state index contributed by atoms with van der Waals surface area (Å²) in [5, 5.41) is 0. The average Bonchev–Trinajstić information content (AvgIpc) is 1.58. The summed E-state index contributed by atoms with van der Waals surface area (Å²) in [5.74, 6) is 1.63. The van der Waals surface area contributed by atoms with Gasteiger partial charge in [0.15, 0.2) is 0 Å². The Morgan fingerprint density at radius 2 is 0.410 bits per heavy atom. The normalized spacial score (nSPS) is 12.8. The number of rotatable bonds is 17. The van der Waals surface area contributed by atoms with Crippen molar-refractivity contribution in [3.63, 3.8) is 0 Å². The molecule has 0 aliphatic heterocycles. The average molecular weight is 1300 g/mol. The Hall–Kier alpha value is -12.1. The van der Waals surface area contributed by atoms with Crippen LogP contribution in [0.2, 0.25) is 0 Å². The Kier molecular flexibility index (Phi) is 16.1. The van der Waals surface area contributed by atoms with E-state index < -0.39 is 0 Å². The molecule has 0 N–H and O–H groups in total. The summed E-state index contributed by atoms with van der Waals surface area (Å²) in [5.41, 5.74) is 32.7. The zero-order chi connectivity index (χ0) is 68.2. The maximum absolute atomic E-state index is 5.63. The summed E-state index contributed by atoms with van der Waals surface area (Å²) < 4.78 is 11.2. The first-order valence-corrected chi connectivity index (χ1v) is 34.5. The van der Waals surface area contributed by atoms with Crippen LogP contribution in [-0.4, -0.2) is 14.2 Å². The second-order valence-corrected chi connectivity index (χ2v) is 27.5. The third-order valence-corrected chi connectivity index (χ3v) is 20.6. The van der Waals surface area contributed by atoms with Crippen LogP contribution in [0.4, 0.5) is 68.2 Å². The molecule has 6 heteroatoms. The molecule has 14 aromatic carbocycles. The molecule has 0 saturated carbocycles. The lowest BCUT2D eigenvalue weighted by molar-refractivity contribution is 0.414. The maximum atomic E-state index is 5.63. The largest absolute Gasteiger partial charge is 0.497 e. The van der Waals surface area contributed by atoms with Crippen LogP contribution in [-0.2, 0) is 10.8 Å². The molecule has 0 fully saturated rings. The highest BCUT2D eigenvalue weighted by Gasteiger charge is 2.37. The topological polar surface area (TPSA) is 31.4 Å². The third-order valence-electron chi connectivity index (χ3n) is 20.6. The first kappa shape index (κ1) is 62.7. The smallest absolute Gasteiger partial charge is 0.119 e. The van der Waals surface area contributed by atoms with Crippen LogP contribution < -0.4 is 29.1 Å². The summed E-state index contributed by atoms with van der Waals surface area (Å²) in [6, 6.07) is 120. The highest BCUT2D eigenvalue weighted by molar-refractivity contribution is 5.90. The molecule has 0 radical (unpaired) electrons. The van der Waals surface area contributed by atoms with E-state index in [0.29, 0.717) is 0 Å². The first-order valence-electron chi connectivity index (χ1n) is 34.5. The molecule has 0 spiro atoms. The molecule has 486 valence electrons. The number of hydrogen-bond donors (Lipinski definition) is 0. The minimum atomic E-state index is -0.125. The number of anilines is 12. The molecule has 100 heavy (non-hydrogen) atoms. The van der Waals surface area contributed by atoms with Gasteiger partial charge in [-0.05, 0) is 262 Å². The Labute approximate surface area is 588 Å². The molecule has 2 aliphatic rings. The SMILES string of the molecule is COc1ccc(N(c2ccc(-c3ccc(N(c4ccc(C)cc4)c4ccc(-c5ccc(N(c6ccc(OC)cc6)c6ccc7c(c6)C(C)(C)c6ccccc6-7)cc5)cc4)cc3)cc2)c2ccc(-c3ccc(N(c4ccc(C)cc4)c4ccc5c(c4)C(C)(C)c4ccccc4-5)cc3)cc2)cc1. The molecule has 0 amide bonds. The Morgan fingerprint density at radius 1 is 0.210 bits per heavy atom. The predicted octanol–water partition coefficient (Wildman–Crippen LogP) is 25.8. The highest BCUT2D eigenvalue weighted by atomic mass is 16.5. The number of methoxy groups -OCH3 is 2. The summed E-state index contributed by atoms with van der Waals surface area (Å²) in [4.78, 5) is 9.38. The van der Waals surface area contributed by atoms with Crippen LogP contribution in [0, 0.1) is 13.8 Å². The Balaban J connectivity index is 0.649. The number of benzene rings is 14.